The van der Waals surface area contributed by atoms with Gasteiger partial charge in [-0.05, 0) is 42.0 Å². The van der Waals surface area contributed by atoms with Crippen LogP contribution in [0.25, 0.3) is 11.0 Å². The number of hydrogen-bond donors (Lipinski definition) is 0. The van der Waals surface area contributed by atoms with Gasteiger partial charge in [-0.25, -0.2) is 4.98 Å². The number of likely N-dealkylation sites (tertiary alicyclic amines) is 1. The molecule has 1 fully saturated rings. The topological polar surface area (TPSA) is 38.1 Å². The highest BCUT2D eigenvalue weighted by molar-refractivity contribution is 7.10. The van der Waals surface area contributed by atoms with E-state index in [-0.39, 0.29) is 5.91 Å². The Morgan fingerprint density at radius 3 is 2.50 bits per heavy atom. The lowest BCUT2D eigenvalue weighted by atomic mass is 10.0. The molecule has 152 valence electrons. The van der Waals surface area contributed by atoms with Gasteiger partial charge < -0.3 is 9.47 Å². The summed E-state index contributed by atoms with van der Waals surface area (Å²) in [4.78, 5) is 20.8. The van der Waals surface area contributed by atoms with Gasteiger partial charge in [0.15, 0.2) is 0 Å². The first-order valence-electron chi connectivity index (χ1n) is 10.6. The van der Waals surface area contributed by atoms with Crippen LogP contribution in [-0.4, -0.2) is 33.4 Å². The van der Waals surface area contributed by atoms with Crippen molar-refractivity contribution >= 4 is 28.3 Å². The number of amides is 1. The Labute approximate surface area is 180 Å². The van der Waals surface area contributed by atoms with Crippen molar-refractivity contribution in [1.82, 2.24) is 14.5 Å². The third kappa shape index (κ3) is 3.90. The van der Waals surface area contributed by atoms with E-state index in [2.05, 4.69) is 59.2 Å². The Bertz CT molecular complexity index is 1130. The molecule has 0 N–H and O–H groups in total. The van der Waals surface area contributed by atoms with Crippen LogP contribution in [0.15, 0.2) is 72.1 Å². The van der Waals surface area contributed by atoms with Crippen molar-refractivity contribution in [1.29, 1.82) is 0 Å². The molecule has 30 heavy (non-hydrogen) atoms. The summed E-state index contributed by atoms with van der Waals surface area (Å²) in [7, 11) is 0. The summed E-state index contributed by atoms with van der Waals surface area (Å²) in [5.74, 6) is 1.36. The second-order valence-corrected chi connectivity index (χ2v) is 8.95. The molecule has 0 spiro atoms. The molecule has 3 heterocycles. The smallest absolute Gasteiger partial charge is 0.227 e. The number of benzene rings is 2. The van der Waals surface area contributed by atoms with Gasteiger partial charge in [-0.1, -0.05) is 48.5 Å². The Hall–Kier alpha value is -2.92. The van der Waals surface area contributed by atoms with Crippen molar-refractivity contribution < 1.29 is 4.79 Å². The molecule has 4 nitrogen and oxygen atoms in total. The summed E-state index contributed by atoms with van der Waals surface area (Å²) < 4.78 is 2.43. The van der Waals surface area contributed by atoms with Crippen LogP contribution in [0.1, 0.15) is 35.1 Å². The number of piperidine rings is 1. The van der Waals surface area contributed by atoms with Crippen LogP contribution in [0.5, 0.6) is 0 Å². The molecule has 5 heteroatoms. The zero-order chi connectivity index (χ0) is 20.3. The van der Waals surface area contributed by atoms with E-state index < -0.39 is 0 Å². The molecule has 1 aliphatic rings. The van der Waals surface area contributed by atoms with Crippen LogP contribution < -0.4 is 0 Å². The van der Waals surface area contributed by atoms with Crippen LogP contribution >= 0.6 is 11.3 Å². The maximum absolute atomic E-state index is 12.7. The number of carbonyl (C=O) groups excluding carboxylic acids is 1. The van der Waals surface area contributed by atoms with Crippen LogP contribution in [0.3, 0.4) is 0 Å². The molecule has 5 rings (SSSR count). The largest absolute Gasteiger partial charge is 0.342 e. The third-order valence-electron chi connectivity index (χ3n) is 5.96. The van der Waals surface area contributed by atoms with Crippen LogP contribution in [0.4, 0.5) is 0 Å². The van der Waals surface area contributed by atoms with Crippen LogP contribution in [0, 0.1) is 0 Å². The van der Waals surface area contributed by atoms with Crippen molar-refractivity contribution in [3.05, 3.63) is 88.4 Å². The number of nitrogens with zero attached hydrogens (tertiary/aromatic N) is 3. The molecule has 1 aliphatic heterocycles. The molecule has 2 aromatic carbocycles. The van der Waals surface area contributed by atoms with E-state index in [0.717, 1.165) is 48.6 Å². The van der Waals surface area contributed by atoms with Crippen LogP contribution in [-0.2, 0) is 17.6 Å². The lowest BCUT2D eigenvalue weighted by Gasteiger charge is -2.33. The van der Waals surface area contributed by atoms with Gasteiger partial charge in [-0.15, -0.1) is 11.3 Å². The zero-order valence-corrected chi connectivity index (χ0v) is 17.7. The molecule has 4 aromatic rings. The van der Waals surface area contributed by atoms with E-state index in [4.69, 9.17) is 4.98 Å². The van der Waals surface area contributed by atoms with Gasteiger partial charge in [0.05, 0.1) is 17.5 Å². The minimum Gasteiger partial charge on any atom is -0.342 e. The van der Waals surface area contributed by atoms with Gasteiger partial charge in [0.2, 0.25) is 5.91 Å². The lowest BCUT2D eigenvalue weighted by Crippen LogP contribution is -2.40. The minimum atomic E-state index is 0.246. The fourth-order valence-corrected chi connectivity index (χ4v) is 5.15. The van der Waals surface area contributed by atoms with E-state index in [1.807, 2.05) is 22.4 Å². The summed E-state index contributed by atoms with van der Waals surface area (Å²) in [5.41, 5.74) is 3.53. The number of hydrogen-bond acceptors (Lipinski definition) is 3. The average Bonchev–Trinajstić information content (AvgIpc) is 3.42. The highest BCUT2D eigenvalue weighted by atomic mass is 32.1. The molecule has 0 bridgehead atoms. The van der Waals surface area contributed by atoms with E-state index >= 15 is 0 Å². The molecular formula is C25H25N3OS. The van der Waals surface area contributed by atoms with Gasteiger partial charge in [0, 0.05) is 30.4 Å². The summed E-state index contributed by atoms with van der Waals surface area (Å²) >= 11 is 1.66. The normalized spacial score (nSPS) is 15.0. The first kappa shape index (κ1) is 19.1. The van der Waals surface area contributed by atoms with Crippen molar-refractivity contribution in [2.24, 2.45) is 0 Å². The van der Waals surface area contributed by atoms with Crippen molar-refractivity contribution in [2.75, 3.05) is 13.1 Å². The summed E-state index contributed by atoms with van der Waals surface area (Å²) in [6, 6.07) is 23.4. The van der Waals surface area contributed by atoms with Crippen molar-refractivity contribution in [2.45, 2.75) is 31.7 Å². The lowest BCUT2D eigenvalue weighted by molar-refractivity contribution is -0.131. The maximum Gasteiger partial charge on any atom is 0.227 e. The number of thiophene rings is 1. The second kappa shape index (κ2) is 8.44. The molecule has 1 amide bonds. The highest BCUT2D eigenvalue weighted by Gasteiger charge is 2.26. The van der Waals surface area contributed by atoms with E-state index in [1.165, 1.54) is 11.1 Å². The Balaban J connectivity index is 1.36. The second-order valence-electron chi connectivity index (χ2n) is 7.92. The fraction of sp³-hybridized carbons (Fsp3) is 0.280. The number of fused-ring (bicyclic) bond motifs is 1. The zero-order valence-electron chi connectivity index (χ0n) is 16.9. The number of imidazole rings is 1. The monoisotopic (exact) mass is 415 g/mol. The number of para-hydroxylation sites is 2. The van der Waals surface area contributed by atoms with Gasteiger partial charge in [0.1, 0.15) is 5.82 Å². The average molecular weight is 416 g/mol. The van der Waals surface area contributed by atoms with E-state index in [1.54, 1.807) is 11.3 Å². The molecule has 0 saturated carbocycles. The van der Waals surface area contributed by atoms with Crippen LogP contribution in [0.2, 0.25) is 0 Å². The van der Waals surface area contributed by atoms with E-state index in [9.17, 15) is 4.79 Å². The number of aromatic nitrogens is 2. The molecule has 1 saturated heterocycles. The van der Waals surface area contributed by atoms with Gasteiger partial charge in [0.25, 0.3) is 0 Å². The maximum atomic E-state index is 12.7. The first-order chi connectivity index (χ1) is 14.8. The Morgan fingerprint density at radius 2 is 1.73 bits per heavy atom. The summed E-state index contributed by atoms with van der Waals surface area (Å²) in [6.07, 6.45) is 3.29. The quantitative estimate of drug-likeness (QED) is 0.455. The Kier molecular flexibility index (Phi) is 5.37. The van der Waals surface area contributed by atoms with Crippen molar-refractivity contribution in [3.63, 3.8) is 0 Å². The van der Waals surface area contributed by atoms with E-state index in [0.29, 0.717) is 12.5 Å². The predicted octanol–water partition coefficient (Wildman–Crippen LogP) is 5.09. The number of rotatable bonds is 5. The molecular weight excluding hydrogens is 390 g/mol. The standard InChI is InChI=1S/C25H25N3OS/c29-25(18-21-9-6-16-30-21)27-14-12-20(13-15-27)28-23-11-5-4-10-22(23)26-24(28)17-19-7-2-1-3-8-19/h1-11,16,20H,12-15,17-18H2. The summed E-state index contributed by atoms with van der Waals surface area (Å²) in [5, 5.41) is 2.03. The number of carbonyl (C=O) groups is 1. The molecule has 0 radical (unpaired) electrons. The van der Waals surface area contributed by atoms with Gasteiger partial charge >= 0.3 is 0 Å². The Morgan fingerprint density at radius 1 is 0.967 bits per heavy atom. The van der Waals surface area contributed by atoms with Crippen molar-refractivity contribution in [3.8, 4) is 0 Å². The first-order valence-corrected chi connectivity index (χ1v) is 11.5. The SMILES string of the molecule is O=C(Cc1cccs1)N1CCC(n2c(Cc3ccccc3)nc3ccccc32)CC1. The molecule has 0 unspecified atom stereocenters. The van der Waals surface area contributed by atoms with Gasteiger partial charge in [-0.3, -0.25) is 4.79 Å². The predicted molar refractivity (Wildman–Crippen MR) is 122 cm³/mol. The minimum absolute atomic E-state index is 0.246. The third-order valence-corrected chi connectivity index (χ3v) is 6.84. The van der Waals surface area contributed by atoms with Gasteiger partial charge in [-0.2, -0.15) is 0 Å². The highest BCUT2D eigenvalue weighted by Crippen LogP contribution is 2.30. The summed E-state index contributed by atoms with van der Waals surface area (Å²) in [6.45, 7) is 1.62. The fourth-order valence-electron chi connectivity index (χ4n) is 4.45. The molecule has 0 atom stereocenters. The molecule has 0 aliphatic carbocycles. The molecule has 2 aromatic heterocycles.